The van der Waals surface area contributed by atoms with Gasteiger partial charge in [0.25, 0.3) is 0 Å². The topological polar surface area (TPSA) is 60.4 Å². The molecule has 4 nitrogen and oxygen atoms in total. The summed E-state index contributed by atoms with van der Waals surface area (Å²) in [5.74, 6) is -0.560. The predicted octanol–water partition coefficient (Wildman–Crippen LogP) is 2.85. The van der Waals surface area contributed by atoms with Gasteiger partial charge in [-0.15, -0.1) is 0 Å². The van der Waals surface area contributed by atoms with Crippen LogP contribution in [0.25, 0.3) is 11.1 Å². The van der Waals surface area contributed by atoms with Gasteiger partial charge < -0.3 is 4.74 Å². The van der Waals surface area contributed by atoms with E-state index >= 15 is 0 Å². The van der Waals surface area contributed by atoms with E-state index in [1.165, 1.54) is 13.2 Å². The minimum Gasteiger partial charge on any atom is -0.465 e. The molecule has 0 aliphatic heterocycles. The highest BCUT2D eigenvalue weighted by molar-refractivity contribution is 7.90. The zero-order valence-corrected chi connectivity index (χ0v) is 12.9. The van der Waals surface area contributed by atoms with Crippen LogP contribution in [0.5, 0.6) is 0 Å². The van der Waals surface area contributed by atoms with Gasteiger partial charge in [-0.1, -0.05) is 35.9 Å². The molecular weight excluding hydrogens is 288 g/mol. The maximum atomic E-state index is 12.0. The summed E-state index contributed by atoms with van der Waals surface area (Å²) in [4.78, 5) is 11.7. The molecule has 0 saturated carbocycles. The Bertz CT molecular complexity index is 774. The molecule has 0 aliphatic rings. The lowest BCUT2D eigenvalue weighted by Crippen LogP contribution is -2.06. The van der Waals surface area contributed by atoms with Gasteiger partial charge in [0.2, 0.25) is 0 Å². The van der Waals surface area contributed by atoms with Crippen molar-refractivity contribution in [2.24, 2.45) is 0 Å². The molecule has 5 heteroatoms. The fourth-order valence-electron chi connectivity index (χ4n) is 2.05. The van der Waals surface area contributed by atoms with E-state index in [0.29, 0.717) is 5.56 Å². The number of sulfone groups is 1. The van der Waals surface area contributed by atoms with Gasteiger partial charge in [-0.2, -0.15) is 0 Å². The Morgan fingerprint density at radius 1 is 1.05 bits per heavy atom. The number of hydrogen-bond donors (Lipinski definition) is 0. The molecule has 0 heterocycles. The number of esters is 1. The van der Waals surface area contributed by atoms with Gasteiger partial charge in [0, 0.05) is 11.8 Å². The highest BCUT2D eigenvalue weighted by Crippen LogP contribution is 2.29. The molecule has 0 atom stereocenters. The van der Waals surface area contributed by atoms with Crippen LogP contribution in [-0.2, 0) is 14.6 Å². The van der Waals surface area contributed by atoms with Crippen molar-refractivity contribution in [3.63, 3.8) is 0 Å². The van der Waals surface area contributed by atoms with Crippen LogP contribution in [-0.4, -0.2) is 27.8 Å². The molecule has 0 aromatic heterocycles. The third kappa shape index (κ3) is 3.31. The second-order valence-corrected chi connectivity index (χ2v) is 6.82. The van der Waals surface area contributed by atoms with E-state index in [0.717, 1.165) is 17.4 Å². The first-order valence-electron chi connectivity index (χ1n) is 6.32. The number of carbonyl (C=O) groups is 1. The number of aryl methyl sites for hydroxylation is 1. The van der Waals surface area contributed by atoms with Crippen molar-refractivity contribution in [3.8, 4) is 11.1 Å². The molecule has 0 unspecified atom stereocenters. The van der Waals surface area contributed by atoms with Crippen molar-refractivity contribution in [1.29, 1.82) is 0 Å². The Kier molecular flexibility index (Phi) is 4.14. The Morgan fingerprint density at radius 3 is 2.19 bits per heavy atom. The van der Waals surface area contributed by atoms with Crippen LogP contribution in [0.2, 0.25) is 0 Å². The van der Waals surface area contributed by atoms with E-state index in [9.17, 15) is 13.2 Å². The molecule has 0 radical (unpaired) electrons. The maximum absolute atomic E-state index is 12.0. The van der Waals surface area contributed by atoms with Crippen molar-refractivity contribution in [2.75, 3.05) is 13.4 Å². The van der Waals surface area contributed by atoms with Gasteiger partial charge in [-0.05, 0) is 24.6 Å². The summed E-state index contributed by atoms with van der Waals surface area (Å²) in [6, 6.07) is 12.1. The number of carbonyl (C=O) groups excluding carboxylic acids is 1. The fourth-order valence-corrected chi connectivity index (χ4v) is 2.97. The van der Waals surface area contributed by atoms with Crippen molar-refractivity contribution in [1.82, 2.24) is 0 Å². The van der Waals surface area contributed by atoms with E-state index < -0.39 is 15.8 Å². The average molecular weight is 304 g/mol. The van der Waals surface area contributed by atoms with Crippen LogP contribution < -0.4 is 0 Å². The molecule has 0 amide bonds. The van der Waals surface area contributed by atoms with E-state index in [1.54, 1.807) is 12.1 Å². The Labute approximate surface area is 124 Å². The van der Waals surface area contributed by atoms with E-state index in [-0.39, 0.29) is 10.5 Å². The normalized spacial score (nSPS) is 11.2. The summed E-state index contributed by atoms with van der Waals surface area (Å²) < 4.78 is 28.6. The molecule has 2 aromatic rings. The average Bonchev–Trinajstić information content (AvgIpc) is 2.46. The van der Waals surface area contributed by atoms with Crippen LogP contribution in [0.15, 0.2) is 47.4 Å². The first-order chi connectivity index (χ1) is 9.82. The third-order valence-electron chi connectivity index (χ3n) is 3.16. The van der Waals surface area contributed by atoms with Gasteiger partial charge in [-0.3, -0.25) is 0 Å². The number of benzene rings is 2. The first-order valence-corrected chi connectivity index (χ1v) is 8.21. The molecule has 0 aliphatic carbocycles. The van der Waals surface area contributed by atoms with Gasteiger partial charge >= 0.3 is 5.97 Å². The SMILES string of the molecule is COC(=O)c1ccc(-c2ccc(C)cc2)c(S(C)(=O)=O)c1. The highest BCUT2D eigenvalue weighted by Gasteiger charge is 2.18. The van der Waals surface area contributed by atoms with Crippen LogP contribution in [0.3, 0.4) is 0 Å². The number of rotatable bonds is 3. The molecule has 110 valence electrons. The third-order valence-corrected chi connectivity index (χ3v) is 4.30. The second-order valence-electron chi connectivity index (χ2n) is 4.84. The van der Waals surface area contributed by atoms with Crippen molar-refractivity contribution >= 4 is 15.8 Å². The maximum Gasteiger partial charge on any atom is 0.337 e. The van der Waals surface area contributed by atoms with Gasteiger partial charge in [0.15, 0.2) is 9.84 Å². The summed E-state index contributed by atoms with van der Waals surface area (Å²) in [6.07, 6.45) is 1.13. The molecule has 0 bridgehead atoms. The van der Waals surface area contributed by atoms with Crippen LogP contribution >= 0.6 is 0 Å². The Morgan fingerprint density at radius 2 is 1.67 bits per heavy atom. The largest absolute Gasteiger partial charge is 0.465 e. The Hall–Kier alpha value is -2.14. The van der Waals surface area contributed by atoms with Crippen LogP contribution in [0.4, 0.5) is 0 Å². The van der Waals surface area contributed by atoms with Crippen molar-refractivity contribution in [3.05, 3.63) is 53.6 Å². The minimum atomic E-state index is -3.46. The summed E-state index contributed by atoms with van der Waals surface area (Å²) in [5.41, 5.74) is 2.67. The van der Waals surface area contributed by atoms with Crippen LogP contribution in [0, 0.1) is 6.92 Å². The number of hydrogen-bond acceptors (Lipinski definition) is 4. The summed E-state index contributed by atoms with van der Waals surface area (Å²) in [7, 11) is -2.20. The predicted molar refractivity (Wildman–Crippen MR) is 81.1 cm³/mol. The van der Waals surface area contributed by atoms with E-state index in [2.05, 4.69) is 4.74 Å². The first kappa shape index (κ1) is 15.3. The lowest BCUT2D eigenvalue weighted by atomic mass is 10.0. The standard InChI is InChI=1S/C16H16O4S/c1-11-4-6-12(7-5-11)14-9-8-13(16(17)20-2)10-15(14)21(3,18)19/h4-10H,1-3H3. The molecular formula is C16H16O4S. The Balaban J connectivity index is 2.66. The lowest BCUT2D eigenvalue weighted by molar-refractivity contribution is 0.0600. The molecule has 0 N–H and O–H groups in total. The van der Waals surface area contributed by atoms with Crippen molar-refractivity contribution < 1.29 is 17.9 Å². The monoisotopic (exact) mass is 304 g/mol. The zero-order chi connectivity index (χ0) is 15.6. The molecule has 0 fully saturated rings. The van der Waals surface area contributed by atoms with Crippen LogP contribution in [0.1, 0.15) is 15.9 Å². The summed E-state index contributed by atoms with van der Waals surface area (Å²) in [5, 5.41) is 0. The molecule has 0 saturated heterocycles. The smallest absolute Gasteiger partial charge is 0.337 e. The lowest BCUT2D eigenvalue weighted by Gasteiger charge is -2.10. The number of ether oxygens (including phenoxy) is 1. The number of methoxy groups -OCH3 is 1. The second kappa shape index (κ2) is 5.69. The zero-order valence-electron chi connectivity index (χ0n) is 12.1. The molecule has 2 rings (SSSR count). The van der Waals surface area contributed by atoms with Gasteiger partial charge in [0.05, 0.1) is 17.6 Å². The quantitative estimate of drug-likeness (QED) is 0.818. The van der Waals surface area contributed by atoms with E-state index in [1.807, 2.05) is 31.2 Å². The molecule has 0 spiro atoms. The minimum absolute atomic E-state index is 0.120. The summed E-state index contributed by atoms with van der Waals surface area (Å²) >= 11 is 0. The summed E-state index contributed by atoms with van der Waals surface area (Å²) in [6.45, 7) is 1.96. The highest BCUT2D eigenvalue weighted by atomic mass is 32.2. The van der Waals surface area contributed by atoms with E-state index in [4.69, 9.17) is 0 Å². The fraction of sp³-hybridized carbons (Fsp3) is 0.188. The van der Waals surface area contributed by atoms with Gasteiger partial charge in [0.1, 0.15) is 0 Å². The van der Waals surface area contributed by atoms with Gasteiger partial charge in [-0.25, -0.2) is 13.2 Å². The molecule has 21 heavy (non-hydrogen) atoms. The van der Waals surface area contributed by atoms with Crippen molar-refractivity contribution in [2.45, 2.75) is 11.8 Å². The molecule has 2 aromatic carbocycles.